The van der Waals surface area contributed by atoms with Crippen molar-refractivity contribution in [2.45, 2.75) is 6.54 Å². The third-order valence-corrected chi connectivity index (χ3v) is 2.69. The smallest absolute Gasteiger partial charge is 0.331 e. The van der Waals surface area contributed by atoms with Gasteiger partial charge in [0.25, 0.3) is 5.56 Å². The summed E-state index contributed by atoms with van der Waals surface area (Å²) in [7, 11) is 1.55. The summed E-state index contributed by atoms with van der Waals surface area (Å²) in [5.41, 5.74) is 4.97. The zero-order valence-corrected chi connectivity index (χ0v) is 9.38. The van der Waals surface area contributed by atoms with E-state index in [-0.39, 0.29) is 24.4 Å². The molecule has 0 spiro atoms. The highest BCUT2D eigenvalue weighted by atomic mass is 16.3. The Hall–Kier alpha value is -2.08. The van der Waals surface area contributed by atoms with E-state index < -0.39 is 5.69 Å². The molecule has 6 nitrogen and oxygen atoms in total. The fraction of sp³-hybridized carbons (Fsp3) is 0.273. The Morgan fingerprint density at radius 1 is 1.35 bits per heavy atom. The molecular weight excluding hydrogens is 222 g/mol. The van der Waals surface area contributed by atoms with Crippen LogP contribution in [-0.2, 0) is 13.6 Å². The minimum Gasteiger partial charge on any atom is -0.508 e. The molecule has 0 aliphatic rings. The number of rotatable bonds is 2. The predicted octanol–water partition coefficient (Wildman–Crippen LogP) is -0.635. The Morgan fingerprint density at radius 2 is 2.06 bits per heavy atom. The van der Waals surface area contributed by atoms with Crippen molar-refractivity contribution in [2.75, 3.05) is 6.54 Å². The Kier molecular flexibility index (Phi) is 2.72. The quantitative estimate of drug-likeness (QED) is 0.724. The highest BCUT2D eigenvalue weighted by Crippen LogP contribution is 2.15. The van der Waals surface area contributed by atoms with Gasteiger partial charge in [-0.25, -0.2) is 4.79 Å². The first-order chi connectivity index (χ1) is 8.06. The van der Waals surface area contributed by atoms with Crippen LogP contribution in [0.2, 0.25) is 0 Å². The van der Waals surface area contributed by atoms with Gasteiger partial charge in [0.15, 0.2) is 0 Å². The minimum atomic E-state index is -0.432. The summed E-state index contributed by atoms with van der Waals surface area (Å²) < 4.78 is 2.42. The largest absolute Gasteiger partial charge is 0.508 e. The van der Waals surface area contributed by atoms with Crippen molar-refractivity contribution in [3.8, 4) is 5.75 Å². The van der Waals surface area contributed by atoms with Gasteiger partial charge in [-0.2, -0.15) is 0 Å². The SMILES string of the molecule is Cn1c(=O)n(CCN)c(=O)c2ccc(O)cc21. The van der Waals surface area contributed by atoms with Crippen LogP contribution in [0.3, 0.4) is 0 Å². The van der Waals surface area contributed by atoms with Gasteiger partial charge in [0.2, 0.25) is 0 Å². The van der Waals surface area contributed by atoms with Crippen LogP contribution in [0.25, 0.3) is 10.9 Å². The molecule has 0 unspecified atom stereocenters. The van der Waals surface area contributed by atoms with Crippen molar-refractivity contribution in [3.63, 3.8) is 0 Å². The molecule has 0 amide bonds. The Morgan fingerprint density at radius 3 is 2.71 bits per heavy atom. The lowest BCUT2D eigenvalue weighted by Gasteiger charge is -2.09. The zero-order valence-electron chi connectivity index (χ0n) is 9.38. The van der Waals surface area contributed by atoms with E-state index in [4.69, 9.17) is 5.73 Å². The lowest BCUT2D eigenvalue weighted by Crippen LogP contribution is -2.40. The van der Waals surface area contributed by atoms with Gasteiger partial charge in [-0.05, 0) is 12.1 Å². The molecule has 0 atom stereocenters. The number of hydrogen-bond acceptors (Lipinski definition) is 4. The standard InChI is InChI=1S/C11H13N3O3/c1-13-9-6-7(15)2-3-8(9)10(16)14(5-4-12)11(13)17/h2-3,6,15H,4-5,12H2,1H3. The summed E-state index contributed by atoms with van der Waals surface area (Å²) in [6, 6.07) is 4.31. The van der Waals surface area contributed by atoms with Gasteiger partial charge in [0, 0.05) is 26.2 Å². The molecule has 0 bridgehead atoms. The number of aryl methyl sites for hydroxylation is 1. The van der Waals surface area contributed by atoms with Crippen LogP contribution in [0.5, 0.6) is 5.75 Å². The molecule has 2 rings (SSSR count). The molecule has 3 N–H and O–H groups in total. The first-order valence-electron chi connectivity index (χ1n) is 5.19. The van der Waals surface area contributed by atoms with E-state index >= 15 is 0 Å². The minimum absolute atomic E-state index is 0.0171. The molecule has 6 heteroatoms. The lowest BCUT2D eigenvalue weighted by molar-refractivity contribution is 0.475. The molecule has 1 aromatic heterocycles. The first-order valence-corrected chi connectivity index (χ1v) is 5.19. The molecule has 0 radical (unpaired) electrons. The molecule has 2 aromatic rings. The number of phenolic OH excluding ortho intramolecular Hbond substituents is 1. The van der Waals surface area contributed by atoms with Gasteiger partial charge in [-0.15, -0.1) is 0 Å². The summed E-state index contributed by atoms with van der Waals surface area (Å²) >= 11 is 0. The van der Waals surface area contributed by atoms with E-state index in [2.05, 4.69) is 0 Å². The summed E-state index contributed by atoms with van der Waals surface area (Å²) in [6.45, 7) is 0.404. The molecule has 90 valence electrons. The van der Waals surface area contributed by atoms with Crippen LogP contribution >= 0.6 is 0 Å². The molecule has 1 aromatic carbocycles. The maximum Gasteiger partial charge on any atom is 0.331 e. The third-order valence-electron chi connectivity index (χ3n) is 2.69. The van der Waals surface area contributed by atoms with Gasteiger partial charge < -0.3 is 10.8 Å². The predicted molar refractivity (Wildman–Crippen MR) is 64.2 cm³/mol. The number of phenols is 1. The summed E-state index contributed by atoms with van der Waals surface area (Å²) in [5, 5.41) is 9.75. The number of benzene rings is 1. The van der Waals surface area contributed by atoms with Gasteiger partial charge in [0.05, 0.1) is 10.9 Å². The lowest BCUT2D eigenvalue weighted by atomic mass is 10.2. The number of aromatic nitrogens is 2. The van der Waals surface area contributed by atoms with Crippen LogP contribution in [0.1, 0.15) is 0 Å². The zero-order chi connectivity index (χ0) is 12.6. The van der Waals surface area contributed by atoms with Crippen LogP contribution in [0, 0.1) is 0 Å². The highest BCUT2D eigenvalue weighted by molar-refractivity contribution is 5.79. The third kappa shape index (κ3) is 1.72. The van der Waals surface area contributed by atoms with Gasteiger partial charge in [0.1, 0.15) is 5.75 Å². The maximum absolute atomic E-state index is 12.0. The Bertz CT molecular complexity index is 685. The molecule has 0 aliphatic heterocycles. The topological polar surface area (TPSA) is 90.3 Å². The van der Waals surface area contributed by atoms with Crippen molar-refractivity contribution >= 4 is 10.9 Å². The van der Waals surface area contributed by atoms with E-state index in [9.17, 15) is 14.7 Å². The van der Waals surface area contributed by atoms with Crippen molar-refractivity contribution in [2.24, 2.45) is 12.8 Å². The fourth-order valence-corrected chi connectivity index (χ4v) is 1.82. The van der Waals surface area contributed by atoms with E-state index in [0.29, 0.717) is 10.9 Å². The van der Waals surface area contributed by atoms with E-state index in [1.807, 2.05) is 0 Å². The summed E-state index contributed by atoms with van der Waals surface area (Å²) in [5.74, 6) is 0.0171. The maximum atomic E-state index is 12.0. The second-order valence-electron chi connectivity index (χ2n) is 3.79. The normalized spacial score (nSPS) is 10.9. The van der Waals surface area contributed by atoms with Gasteiger partial charge in [-0.1, -0.05) is 0 Å². The molecule has 0 saturated heterocycles. The monoisotopic (exact) mass is 235 g/mol. The first kappa shape index (κ1) is 11.4. The van der Waals surface area contributed by atoms with Crippen molar-refractivity contribution in [3.05, 3.63) is 39.0 Å². The average Bonchev–Trinajstić information content (AvgIpc) is 2.32. The van der Waals surface area contributed by atoms with Crippen molar-refractivity contribution in [1.29, 1.82) is 0 Å². The van der Waals surface area contributed by atoms with Crippen LogP contribution in [-0.4, -0.2) is 20.8 Å². The van der Waals surface area contributed by atoms with Gasteiger partial charge >= 0.3 is 5.69 Å². The van der Waals surface area contributed by atoms with E-state index in [1.54, 1.807) is 7.05 Å². The number of hydrogen-bond donors (Lipinski definition) is 2. The van der Waals surface area contributed by atoms with Gasteiger partial charge in [-0.3, -0.25) is 13.9 Å². The fourth-order valence-electron chi connectivity index (χ4n) is 1.82. The number of fused-ring (bicyclic) bond motifs is 1. The van der Waals surface area contributed by atoms with E-state index in [1.165, 1.54) is 22.8 Å². The number of nitrogens with two attached hydrogens (primary N) is 1. The summed E-state index contributed by atoms with van der Waals surface area (Å²) in [6.07, 6.45) is 0. The van der Waals surface area contributed by atoms with Crippen LogP contribution < -0.4 is 17.0 Å². The summed E-state index contributed by atoms with van der Waals surface area (Å²) in [4.78, 5) is 23.9. The molecule has 0 saturated carbocycles. The van der Waals surface area contributed by atoms with Crippen LogP contribution in [0.4, 0.5) is 0 Å². The van der Waals surface area contributed by atoms with Crippen molar-refractivity contribution < 1.29 is 5.11 Å². The molecule has 0 aliphatic carbocycles. The second-order valence-corrected chi connectivity index (χ2v) is 3.79. The Balaban J connectivity index is 2.95. The van der Waals surface area contributed by atoms with E-state index in [0.717, 1.165) is 4.57 Å². The molecular formula is C11H13N3O3. The molecule has 0 fully saturated rings. The molecule has 1 heterocycles. The number of nitrogens with zero attached hydrogens (tertiary/aromatic N) is 2. The average molecular weight is 235 g/mol. The number of aromatic hydroxyl groups is 1. The highest BCUT2D eigenvalue weighted by Gasteiger charge is 2.10. The second kappa shape index (κ2) is 4.06. The Labute approximate surface area is 96.5 Å². The van der Waals surface area contributed by atoms with Crippen LogP contribution in [0.15, 0.2) is 27.8 Å². The molecule has 17 heavy (non-hydrogen) atoms. The van der Waals surface area contributed by atoms with Crippen molar-refractivity contribution in [1.82, 2.24) is 9.13 Å².